The lowest BCUT2D eigenvalue weighted by atomic mass is 10.0. The van der Waals surface area contributed by atoms with E-state index in [-0.39, 0.29) is 25.2 Å². The van der Waals surface area contributed by atoms with E-state index in [9.17, 15) is 14.4 Å². The number of aliphatic hydroxyl groups is 1. The maximum absolute atomic E-state index is 13.1. The van der Waals surface area contributed by atoms with E-state index in [0.717, 1.165) is 30.5 Å². The van der Waals surface area contributed by atoms with Crippen LogP contribution in [0.25, 0.3) is 0 Å². The number of aliphatic hydroxyl groups excluding tert-OH is 1. The lowest BCUT2D eigenvalue weighted by Crippen LogP contribution is -2.33. The number of para-hydroxylation sites is 2. The van der Waals surface area contributed by atoms with Crippen LogP contribution in [0.5, 0.6) is 0 Å². The lowest BCUT2D eigenvalue weighted by molar-refractivity contribution is 0.0635. The molecule has 4 rings (SSSR count). The van der Waals surface area contributed by atoms with Crippen molar-refractivity contribution in [2.75, 3.05) is 35.8 Å². The molecule has 0 bridgehead atoms. The molecule has 0 spiro atoms. The van der Waals surface area contributed by atoms with Crippen LogP contribution in [0.4, 0.5) is 26.7 Å². The molecule has 0 saturated carbocycles. The summed E-state index contributed by atoms with van der Waals surface area (Å²) >= 11 is 0. The van der Waals surface area contributed by atoms with Gasteiger partial charge < -0.3 is 30.5 Å². The number of hydrogen-bond acceptors (Lipinski definition) is 6. The van der Waals surface area contributed by atoms with E-state index in [0.29, 0.717) is 30.0 Å². The highest BCUT2D eigenvalue weighted by atomic mass is 16.6. The summed E-state index contributed by atoms with van der Waals surface area (Å²) in [5.74, 6) is -0.366. The van der Waals surface area contributed by atoms with Gasteiger partial charge in [0.05, 0.1) is 30.6 Å². The molecule has 0 aromatic heterocycles. The number of amides is 4. The number of rotatable bonds is 11. The van der Waals surface area contributed by atoms with E-state index >= 15 is 0 Å². The Morgan fingerprint density at radius 2 is 1.56 bits per heavy atom. The molecule has 0 aliphatic heterocycles. The third-order valence-corrected chi connectivity index (χ3v) is 6.83. The number of hydrogen-bond donors (Lipinski definition) is 5. The first-order valence-electron chi connectivity index (χ1n) is 14.5. The highest BCUT2D eigenvalue weighted by molar-refractivity contribution is 6.06. The molecular formula is C33H40N4O6. The topological polar surface area (TPSA) is 138 Å². The van der Waals surface area contributed by atoms with E-state index in [1.807, 2.05) is 12.1 Å². The lowest BCUT2D eigenvalue weighted by Gasteiger charge is -2.21. The Hall–Kier alpha value is -4.41. The second-order valence-corrected chi connectivity index (χ2v) is 11.4. The average molecular weight is 589 g/mol. The van der Waals surface area contributed by atoms with Crippen LogP contribution in [0, 0.1) is 0 Å². The van der Waals surface area contributed by atoms with Crippen molar-refractivity contribution in [2.45, 2.75) is 58.1 Å². The molecule has 1 aliphatic carbocycles. The third kappa shape index (κ3) is 9.56. The molecule has 228 valence electrons. The van der Waals surface area contributed by atoms with Crippen molar-refractivity contribution in [3.8, 4) is 0 Å². The Labute approximate surface area is 252 Å². The molecule has 10 nitrogen and oxygen atoms in total. The normalized spacial score (nSPS) is 13.0. The van der Waals surface area contributed by atoms with Gasteiger partial charge in [-0.1, -0.05) is 30.3 Å². The van der Waals surface area contributed by atoms with Crippen LogP contribution in [0.1, 0.15) is 66.7 Å². The Morgan fingerprint density at radius 3 is 2.26 bits per heavy atom. The molecule has 43 heavy (non-hydrogen) atoms. The van der Waals surface area contributed by atoms with Gasteiger partial charge in [0.2, 0.25) is 0 Å². The van der Waals surface area contributed by atoms with Crippen LogP contribution in [0.3, 0.4) is 0 Å². The Balaban J connectivity index is 1.41. The molecule has 3 aromatic rings. The van der Waals surface area contributed by atoms with Gasteiger partial charge in [0.15, 0.2) is 0 Å². The van der Waals surface area contributed by atoms with Crippen LogP contribution in [0.15, 0.2) is 66.7 Å². The molecule has 4 amide bonds. The van der Waals surface area contributed by atoms with Crippen molar-refractivity contribution >= 4 is 35.1 Å². The third-order valence-electron chi connectivity index (χ3n) is 6.83. The number of anilines is 3. The first-order valence-corrected chi connectivity index (χ1v) is 14.5. The number of carbonyl (C=O) groups is 3. The van der Waals surface area contributed by atoms with Gasteiger partial charge >= 0.3 is 12.1 Å². The zero-order chi connectivity index (χ0) is 30.8. The van der Waals surface area contributed by atoms with E-state index < -0.39 is 17.7 Å². The van der Waals surface area contributed by atoms with Gasteiger partial charge in [0, 0.05) is 17.9 Å². The quantitative estimate of drug-likeness (QED) is 0.173. The Kier molecular flexibility index (Phi) is 10.7. The Morgan fingerprint density at radius 1 is 0.860 bits per heavy atom. The molecule has 5 N–H and O–H groups in total. The first kappa shape index (κ1) is 31.5. The summed E-state index contributed by atoms with van der Waals surface area (Å²) in [4.78, 5) is 38.3. The van der Waals surface area contributed by atoms with Gasteiger partial charge in [-0.25, -0.2) is 9.59 Å². The molecule has 0 saturated heterocycles. The second kappa shape index (κ2) is 14.7. The van der Waals surface area contributed by atoms with Crippen molar-refractivity contribution < 1.29 is 29.0 Å². The van der Waals surface area contributed by atoms with Crippen LogP contribution in [-0.4, -0.2) is 48.6 Å². The predicted molar refractivity (Wildman–Crippen MR) is 167 cm³/mol. The average Bonchev–Trinajstić information content (AvgIpc) is 3.43. The fourth-order valence-corrected chi connectivity index (χ4v) is 4.84. The van der Waals surface area contributed by atoms with E-state index in [1.54, 1.807) is 69.3 Å². The largest absolute Gasteiger partial charge is 0.444 e. The molecule has 0 radical (unpaired) electrons. The van der Waals surface area contributed by atoms with Gasteiger partial charge in [-0.05, 0) is 99.5 Å². The van der Waals surface area contributed by atoms with Gasteiger partial charge in [0.1, 0.15) is 5.60 Å². The summed E-state index contributed by atoms with van der Waals surface area (Å²) in [7, 11) is 0. The van der Waals surface area contributed by atoms with Crippen molar-refractivity contribution in [1.82, 2.24) is 5.32 Å². The van der Waals surface area contributed by atoms with Crippen molar-refractivity contribution in [1.29, 1.82) is 0 Å². The van der Waals surface area contributed by atoms with Gasteiger partial charge in [-0.3, -0.25) is 10.1 Å². The molecular weight excluding hydrogens is 548 g/mol. The summed E-state index contributed by atoms with van der Waals surface area (Å²) in [6, 6.07) is 19.0. The van der Waals surface area contributed by atoms with E-state index in [4.69, 9.17) is 14.6 Å². The first-order chi connectivity index (χ1) is 20.6. The number of carbonyl (C=O) groups excluding carboxylic acids is 3. The zero-order valence-electron chi connectivity index (χ0n) is 24.9. The standard InChI is InChI=1S/C33H40N4O6/c1-33(2,3)43-32(41)37-29-10-5-4-9-28(29)35-30(39)24-13-11-23(12-14-24)27(17-19-42-20-18-38)36-31(40)34-26-16-15-22-7-6-8-25(22)21-26/h4-5,9-16,21,27,38H,6-8,17-20H2,1-3H3,(H,35,39)(H,37,41)(H2,34,36,40). The molecule has 3 aromatic carbocycles. The number of fused-ring (bicyclic) bond motifs is 1. The van der Waals surface area contributed by atoms with Gasteiger partial charge in [-0.2, -0.15) is 0 Å². The van der Waals surface area contributed by atoms with E-state index in [2.05, 4.69) is 27.3 Å². The Bertz CT molecular complexity index is 1420. The molecule has 0 heterocycles. The van der Waals surface area contributed by atoms with Crippen LogP contribution in [-0.2, 0) is 22.3 Å². The highest BCUT2D eigenvalue weighted by Crippen LogP contribution is 2.26. The minimum Gasteiger partial charge on any atom is -0.444 e. The SMILES string of the molecule is CC(C)(C)OC(=O)Nc1ccccc1NC(=O)c1ccc(C(CCOCCO)NC(=O)Nc2ccc3c(c2)CCC3)cc1. The fraction of sp³-hybridized carbons (Fsp3) is 0.364. The molecule has 1 unspecified atom stereocenters. The van der Waals surface area contributed by atoms with E-state index in [1.165, 1.54) is 11.1 Å². The minimum atomic E-state index is -0.663. The van der Waals surface area contributed by atoms with Crippen molar-refractivity contribution in [3.63, 3.8) is 0 Å². The summed E-state index contributed by atoms with van der Waals surface area (Å²) in [6.07, 6.45) is 3.06. The fourth-order valence-electron chi connectivity index (χ4n) is 4.84. The van der Waals surface area contributed by atoms with Crippen molar-refractivity contribution in [3.05, 3.63) is 89.0 Å². The maximum Gasteiger partial charge on any atom is 0.412 e. The minimum absolute atomic E-state index is 0.0862. The molecule has 1 aliphatic rings. The number of urea groups is 1. The number of aryl methyl sites for hydroxylation is 2. The summed E-state index contributed by atoms with van der Waals surface area (Å²) in [6.45, 7) is 5.76. The highest BCUT2D eigenvalue weighted by Gasteiger charge is 2.19. The monoisotopic (exact) mass is 588 g/mol. The second-order valence-electron chi connectivity index (χ2n) is 11.4. The molecule has 1 atom stereocenters. The van der Waals surface area contributed by atoms with Crippen molar-refractivity contribution in [2.24, 2.45) is 0 Å². The molecule has 10 heteroatoms. The van der Waals surface area contributed by atoms with Crippen LogP contribution >= 0.6 is 0 Å². The van der Waals surface area contributed by atoms with Gasteiger partial charge in [-0.15, -0.1) is 0 Å². The zero-order valence-corrected chi connectivity index (χ0v) is 24.9. The van der Waals surface area contributed by atoms with Gasteiger partial charge in [0.25, 0.3) is 5.91 Å². The number of benzene rings is 3. The summed E-state index contributed by atoms with van der Waals surface area (Å²) in [5, 5.41) is 20.5. The van der Waals surface area contributed by atoms with Crippen LogP contribution in [0.2, 0.25) is 0 Å². The number of nitrogens with one attached hydrogen (secondary N) is 4. The maximum atomic E-state index is 13.1. The number of ether oxygens (including phenoxy) is 2. The van der Waals surface area contributed by atoms with Crippen LogP contribution < -0.4 is 21.3 Å². The molecule has 0 fully saturated rings. The summed E-state index contributed by atoms with van der Waals surface area (Å²) < 4.78 is 10.8. The summed E-state index contributed by atoms with van der Waals surface area (Å²) in [5.41, 5.74) is 4.69. The smallest absolute Gasteiger partial charge is 0.412 e. The predicted octanol–water partition coefficient (Wildman–Crippen LogP) is 6.04.